The molecule has 1 heterocycles. The van der Waals surface area contributed by atoms with E-state index in [1.165, 1.54) is 5.69 Å². The van der Waals surface area contributed by atoms with Gasteiger partial charge >= 0.3 is 0 Å². The molecule has 3 aromatic rings. The van der Waals surface area contributed by atoms with Gasteiger partial charge in [-0.05, 0) is 37.1 Å². The molecule has 1 aromatic heterocycles. The third-order valence-electron chi connectivity index (χ3n) is 5.35. The Kier molecular flexibility index (Phi) is 8.35. The van der Waals surface area contributed by atoms with Crippen molar-refractivity contribution in [2.75, 3.05) is 6.54 Å². The minimum atomic E-state index is 0.203. The molecule has 0 aliphatic rings. The highest BCUT2D eigenvalue weighted by atomic mass is 35.5. The molecule has 4 nitrogen and oxygen atoms in total. The van der Waals surface area contributed by atoms with Gasteiger partial charge in [0.2, 0.25) is 0 Å². The zero-order chi connectivity index (χ0) is 21.3. The smallest absolute Gasteiger partial charge is 0.140 e. The molecule has 5 heteroatoms. The Morgan fingerprint density at radius 3 is 2.47 bits per heavy atom. The number of benzene rings is 2. The standard InChI is InChI=1S/C25H32ClN3O/c1-3-5-14-28(18-21-12-13-23(30)16-24(21)26)19-22-17-27-25(29(22)15-6-4-2)20-10-8-7-9-11-20/h7-13,16-17,30H,3-6,14-15,18-19H2,1-2H3. The molecule has 30 heavy (non-hydrogen) atoms. The zero-order valence-electron chi connectivity index (χ0n) is 18.0. The molecule has 0 unspecified atom stereocenters. The molecule has 0 radical (unpaired) electrons. The highest BCUT2D eigenvalue weighted by molar-refractivity contribution is 6.31. The fourth-order valence-corrected chi connectivity index (χ4v) is 3.89. The first kappa shape index (κ1) is 22.4. The van der Waals surface area contributed by atoms with Crippen LogP contribution in [0.25, 0.3) is 11.4 Å². The number of imidazole rings is 1. The van der Waals surface area contributed by atoms with Gasteiger partial charge in [-0.15, -0.1) is 0 Å². The van der Waals surface area contributed by atoms with Crippen molar-refractivity contribution in [1.82, 2.24) is 14.5 Å². The molecule has 0 amide bonds. The van der Waals surface area contributed by atoms with Crippen molar-refractivity contribution < 1.29 is 5.11 Å². The van der Waals surface area contributed by atoms with Gasteiger partial charge in [0, 0.05) is 30.2 Å². The molecule has 0 aliphatic carbocycles. The van der Waals surface area contributed by atoms with E-state index in [4.69, 9.17) is 16.6 Å². The van der Waals surface area contributed by atoms with Crippen molar-refractivity contribution in [3.63, 3.8) is 0 Å². The number of rotatable bonds is 11. The van der Waals surface area contributed by atoms with Crippen LogP contribution in [0.15, 0.2) is 54.7 Å². The van der Waals surface area contributed by atoms with Crippen LogP contribution in [0.1, 0.15) is 50.8 Å². The second-order valence-electron chi connectivity index (χ2n) is 7.78. The largest absolute Gasteiger partial charge is 0.508 e. The molecule has 2 aromatic carbocycles. The lowest BCUT2D eigenvalue weighted by Crippen LogP contribution is -2.25. The van der Waals surface area contributed by atoms with E-state index in [1.54, 1.807) is 12.1 Å². The van der Waals surface area contributed by atoms with E-state index >= 15 is 0 Å². The average molecular weight is 426 g/mol. The Labute approximate surface area is 185 Å². The lowest BCUT2D eigenvalue weighted by molar-refractivity contribution is 0.246. The summed E-state index contributed by atoms with van der Waals surface area (Å²) in [7, 11) is 0. The molecule has 0 spiro atoms. The Hall–Kier alpha value is -2.30. The Morgan fingerprint density at radius 1 is 1.00 bits per heavy atom. The first-order valence-corrected chi connectivity index (χ1v) is 11.3. The maximum absolute atomic E-state index is 9.67. The van der Waals surface area contributed by atoms with Gasteiger partial charge in [-0.3, -0.25) is 4.90 Å². The van der Waals surface area contributed by atoms with E-state index in [1.807, 2.05) is 18.3 Å². The topological polar surface area (TPSA) is 41.3 Å². The fraction of sp³-hybridized carbons (Fsp3) is 0.400. The number of unbranched alkanes of at least 4 members (excludes halogenated alkanes) is 2. The zero-order valence-corrected chi connectivity index (χ0v) is 18.8. The van der Waals surface area contributed by atoms with Crippen molar-refractivity contribution in [3.8, 4) is 17.1 Å². The number of hydrogen-bond acceptors (Lipinski definition) is 3. The third-order valence-corrected chi connectivity index (χ3v) is 5.70. The number of nitrogens with zero attached hydrogens (tertiary/aromatic N) is 3. The van der Waals surface area contributed by atoms with Gasteiger partial charge in [-0.1, -0.05) is 74.7 Å². The van der Waals surface area contributed by atoms with E-state index < -0.39 is 0 Å². The van der Waals surface area contributed by atoms with Crippen LogP contribution in [0.3, 0.4) is 0 Å². The molecule has 0 saturated carbocycles. The lowest BCUT2D eigenvalue weighted by atomic mass is 10.2. The third kappa shape index (κ3) is 5.87. The summed E-state index contributed by atoms with van der Waals surface area (Å²) in [5, 5.41) is 10.3. The van der Waals surface area contributed by atoms with Crippen LogP contribution in [0.4, 0.5) is 0 Å². The molecule has 0 atom stereocenters. The second kappa shape index (κ2) is 11.2. The Bertz CT molecular complexity index is 923. The molecule has 160 valence electrons. The molecule has 1 N–H and O–H groups in total. The van der Waals surface area contributed by atoms with Gasteiger partial charge in [-0.2, -0.15) is 0 Å². The average Bonchev–Trinajstić information content (AvgIpc) is 3.15. The summed E-state index contributed by atoms with van der Waals surface area (Å²) in [5.41, 5.74) is 3.42. The van der Waals surface area contributed by atoms with Gasteiger partial charge in [0.15, 0.2) is 0 Å². The van der Waals surface area contributed by atoms with Crippen LogP contribution >= 0.6 is 11.6 Å². The van der Waals surface area contributed by atoms with Crippen molar-refractivity contribution >= 4 is 11.6 Å². The predicted octanol–water partition coefficient (Wildman–Crippen LogP) is 6.51. The molecular formula is C25H32ClN3O. The van der Waals surface area contributed by atoms with E-state index in [9.17, 15) is 5.11 Å². The molecule has 0 fully saturated rings. The maximum Gasteiger partial charge on any atom is 0.140 e. The minimum absolute atomic E-state index is 0.203. The lowest BCUT2D eigenvalue weighted by Gasteiger charge is -2.24. The number of halogens is 1. The van der Waals surface area contributed by atoms with E-state index in [-0.39, 0.29) is 5.75 Å². The fourth-order valence-electron chi connectivity index (χ4n) is 3.65. The van der Waals surface area contributed by atoms with Crippen LogP contribution in [-0.2, 0) is 19.6 Å². The first-order chi connectivity index (χ1) is 14.6. The quantitative estimate of drug-likeness (QED) is 0.380. The Morgan fingerprint density at radius 2 is 1.77 bits per heavy atom. The van der Waals surface area contributed by atoms with Crippen molar-refractivity contribution in [3.05, 3.63) is 71.0 Å². The van der Waals surface area contributed by atoms with E-state index in [2.05, 4.69) is 47.6 Å². The number of hydrogen-bond donors (Lipinski definition) is 1. The molecule has 0 aliphatic heterocycles. The van der Waals surface area contributed by atoms with E-state index in [0.29, 0.717) is 5.02 Å². The van der Waals surface area contributed by atoms with Crippen LogP contribution in [0, 0.1) is 0 Å². The summed E-state index contributed by atoms with van der Waals surface area (Å²) in [6.45, 7) is 7.97. The molecule has 3 rings (SSSR count). The van der Waals surface area contributed by atoms with Crippen molar-refractivity contribution in [2.24, 2.45) is 0 Å². The van der Waals surface area contributed by atoms with Crippen molar-refractivity contribution in [1.29, 1.82) is 0 Å². The SMILES string of the molecule is CCCCN(Cc1ccc(O)cc1Cl)Cc1cnc(-c2ccccc2)n1CCCC. The Balaban J connectivity index is 1.86. The molecule has 0 bridgehead atoms. The number of phenolic OH excluding ortho intramolecular Hbond substituents is 1. The van der Waals surface area contributed by atoms with Crippen LogP contribution in [-0.4, -0.2) is 26.1 Å². The normalized spacial score (nSPS) is 11.3. The minimum Gasteiger partial charge on any atom is -0.508 e. The van der Waals surface area contributed by atoms with Crippen LogP contribution < -0.4 is 0 Å². The van der Waals surface area contributed by atoms with E-state index in [0.717, 1.165) is 68.8 Å². The second-order valence-corrected chi connectivity index (χ2v) is 8.19. The maximum atomic E-state index is 9.67. The van der Waals surface area contributed by atoms with Gasteiger partial charge in [0.05, 0.1) is 11.9 Å². The van der Waals surface area contributed by atoms with Crippen molar-refractivity contribution in [2.45, 2.75) is 59.2 Å². The number of aromatic nitrogens is 2. The van der Waals surface area contributed by atoms with Gasteiger partial charge in [0.25, 0.3) is 0 Å². The van der Waals surface area contributed by atoms with Crippen LogP contribution in [0.5, 0.6) is 5.75 Å². The number of aromatic hydroxyl groups is 1. The highest BCUT2D eigenvalue weighted by Crippen LogP contribution is 2.25. The summed E-state index contributed by atoms with van der Waals surface area (Å²) in [5.74, 6) is 1.24. The first-order valence-electron chi connectivity index (χ1n) is 10.9. The monoisotopic (exact) mass is 425 g/mol. The summed E-state index contributed by atoms with van der Waals surface area (Å²) >= 11 is 6.39. The molecular weight excluding hydrogens is 394 g/mol. The summed E-state index contributed by atoms with van der Waals surface area (Å²) in [6, 6.07) is 15.7. The predicted molar refractivity (Wildman–Crippen MR) is 125 cm³/mol. The summed E-state index contributed by atoms with van der Waals surface area (Å²) < 4.78 is 2.37. The number of phenols is 1. The van der Waals surface area contributed by atoms with Crippen LogP contribution in [0.2, 0.25) is 5.02 Å². The van der Waals surface area contributed by atoms with Gasteiger partial charge in [-0.25, -0.2) is 4.98 Å². The summed E-state index contributed by atoms with van der Waals surface area (Å²) in [6.07, 6.45) is 6.57. The highest BCUT2D eigenvalue weighted by Gasteiger charge is 2.16. The summed E-state index contributed by atoms with van der Waals surface area (Å²) in [4.78, 5) is 7.21. The van der Waals surface area contributed by atoms with Gasteiger partial charge in [0.1, 0.15) is 11.6 Å². The van der Waals surface area contributed by atoms with Gasteiger partial charge < -0.3 is 9.67 Å². The molecule has 0 saturated heterocycles.